The Bertz CT molecular complexity index is 888. The Morgan fingerprint density at radius 2 is 1.96 bits per heavy atom. The molecule has 0 radical (unpaired) electrons. The van der Waals surface area contributed by atoms with Crippen molar-refractivity contribution in [2.75, 3.05) is 13.1 Å². The van der Waals surface area contributed by atoms with Crippen LogP contribution in [-0.2, 0) is 16.2 Å². The van der Waals surface area contributed by atoms with Crippen LogP contribution in [-0.4, -0.2) is 41.1 Å². The van der Waals surface area contributed by atoms with Crippen LogP contribution in [0.3, 0.4) is 0 Å². The number of carbonyl (C=O) groups is 2. The number of nitrogens with zero attached hydrogens (tertiary/aromatic N) is 2. The fourth-order valence-corrected chi connectivity index (χ4v) is 4.40. The zero-order valence-corrected chi connectivity index (χ0v) is 17.6. The van der Waals surface area contributed by atoms with Crippen LogP contribution in [0.15, 0.2) is 51.4 Å². The van der Waals surface area contributed by atoms with Gasteiger partial charge >= 0.3 is 0 Å². The number of nitrogens with one attached hydrogen (secondary N) is 1. The second-order valence-corrected chi connectivity index (χ2v) is 9.00. The van der Waals surface area contributed by atoms with E-state index in [4.69, 9.17) is 4.84 Å². The van der Waals surface area contributed by atoms with Crippen molar-refractivity contribution in [3.63, 3.8) is 0 Å². The molecule has 3 heterocycles. The highest BCUT2D eigenvalue weighted by atomic mass is 79.9. The number of amides is 2. The zero-order chi connectivity index (χ0) is 19.6. The monoisotopic (exact) mass is 461 g/mol. The molecule has 1 spiro atoms. The lowest BCUT2D eigenvalue weighted by atomic mass is 9.86. The summed E-state index contributed by atoms with van der Waals surface area (Å²) in [5, 5.41) is 8.93. The first-order valence-corrected chi connectivity index (χ1v) is 10.8. The molecular formula is C20H20BrN3O3S. The number of rotatable bonds is 4. The summed E-state index contributed by atoms with van der Waals surface area (Å²) in [4.78, 5) is 33.7. The van der Waals surface area contributed by atoms with Gasteiger partial charge in [0, 0.05) is 47.3 Å². The molecule has 2 aliphatic rings. The van der Waals surface area contributed by atoms with Gasteiger partial charge in [-0.1, -0.05) is 27.2 Å². The average Bonchev–Trinajstić information content (AvgIpc) is 3.37. The predicted molar refractivity (Wildman–Crippen MR) is 111 cm³/mol. The molecule has 0 atom stereocenters. The zero-order valence-electron chi connectivity index (χ0n) is 15.2. The molecule has 4 rings (SSSR count). The van der Waals surface area contributed by atoms with Gasteiger partial charge in [0.25, 0.3) is 11.8 Å². The highest BCUT2D eigenvalue weighted by molar-refractivity contribution is 9.10. The highest BCUT2D eigenvalue weighted by Crippen LogP contribution is 2.35. The summed E-state index contributed by atoms with van der Waals surface area (Å²) in [6, 6.07) is 11.3. The van der Waals surface area contributed by atoms with Gasteiger partial charge < -0.3 is 15.1 Å². The summed E-state index contributed by atoms with van der Waals surface area (Å²) in [6.07, 6.45) is 1.82. The molecule has 8 heteroatoms. The van der Waals surface area contributed by atoms with Crippen molar-refractivity contribution < 1.29 is 14.4 Å². The van der Waals surface area contributed by atoms with Crippen LogP contribution in [0.1, 0.15) is 34.5 Å². The van der Waals surface area contributed by atoms with Crippen LogP contribution >= 0.6 is 27.3 Å². The third kappa shape index (κ3) is 4.12. The normalized spacial score (nSPS) is 17.9. The Kier molecular flexibility index (Phi) is 5.50. The standard InChI is InChI=1S/C20H20BrN3O3S/c21-15-5-3-14(4-6-15)19(26)24-9-7-20(8-10-24)12-17(23-27-20)18(25)22-13-16-2-1-11-28-16/h1-6,11H,7-10,12-13H2,(H,22,25). The van der Waals surface area contributed by atoms with Crippen LogP contribution in [0.2, 0.25) is 0 Å². The summed E-state index contributed by atoms with van der Waals surface area (Å²) in [5.74, 6) is -0.158. The number of halogens is 1. The lowest BCUT2D eigenvalue weighted by Gasteiger charge is -2.37. The Hall–Kier alpha value is -2.19. The van der Waals surface area contributed by atoms with Gasteiger partial charge in [-0.2, -0.15) is 0 Å². The van der Waals surface area contributed by atoms with E-state index in [2.05, 4.69) is 26.4 Å². The summed E-state index contributed by atoms with van der Waals surface area (Å²) >= 11 is 4.99. The number of hydrogen-bond acceptors (Lipinski definition) is 5. The van der Waals surface area contributed by atoms with Crippen molar-refractivity contribution in [1.29, 1.82) is 0 Å². The van der Waals surface area contributed by atoms with Crippen LogP contribution < -0.4 is 5.32 Å². The van der Waals surface area contributed by atoms with E-state index < -0.39 is 5.60 Å². The van der Waals surface area contributed by atoms with E-state index in [0.717, 1.165) is 9.35 Å². The molecule has 0 aliphatic carbocycles. The first-order valence-electron chi connectivity index (χ1n) is 9.15. The fraction of sp³-hybridized carbons (Fsp3) is 0.350. The van der Waals surface area contributed by atoms with Gasteiger partial charge in [0.2, 0.25) is 0 Å². The van der Waals surface area contributed by atoms with Crippen molar-refractivity contribution in [2.45, 2.75) is 31.4 Å². The molecular weight excluding hydrogens is 442 g/mol. The summed E-state index contributed by atoms with van der Waals surface area (Å²) in [7, 11) is 0. The maximum absolute atomic E-state index is 12.7. The van der Waals surface area contributed by atoms with Gasteiger partial charge in [-0.3, -0.25) is 9.59 Å². The van der Waals surface area contributed by atoms with Gasteiger partial charge in [-0.25, -0.2) is 0 Å². The molecule has 6 nitrogen and oxygen atoms in total. The molecule has 0 unspecified atom stereocenters. The molecule has 1 N–H and O–H groups in total. The van der Waals surface area contributed by atoms with Crippen molar-refractivity contribution in [3.8, 4) is 0 Å². The first kappa shape index (κ1) is 19.1. The van der Waals surface area contributed by atoms with Gasteiger partial charge in [0.05, 0.1) is 6.54 Å². The third-order valence-corrected chi connectivity index (χ3v) is 6.56. The average molecular weight is 462 g/mol. The van der Waals surface area contributed by atoms with E-state index in [1.807, 2.05) is 46.7 Å². The smallest absolute Gasteiger partial charge is 0.269 e. The minimum atomic E-state index is -0.466. The SMILES string of the molecule is O=C(NCc1cccs1)C1=NOC2(CCN(C(=O)c3ccc(Br)cc3)CC2)C1. The number of carbonyl (C=O) groups excluding carboxylic acids is 2. The minimum Gasteiger partial charge on any atom is -0.388 e. The van der Waals surface area contributed by atoms with Crippen LogP contribution in [0.4, 0.5) is 0 Å². The number of likely N-dealkylation sites (tertiary alicyclic amines) is 1. The fourth-order valence-electron chi connectivity index (χ4n) is 3.49. The van der Waals surface area contributed by atoms with E-state index in [9.17, 15) is 9.59 Å². The molecule has 0 saturated carbocycles. The molecule has 1 fully saturated rings. The molecule has 2 amide bonds. The van der Waals surface area contributed by atoms with E-state index in [1.165, 1.54) is 0 Å². The lowest BCUT2D eigenvalue weighted by molar-refractivity contribution is -0.115. The third-order valence-electron chi connectivity index (χ3n) is 5.16. The summed E-state index contributed by atoms with van der Waals surface area (Å²) < 4.78 is 0.947. The van der Waals surface area contributed by atoms with E-state index in [0.29, 0.717) is 50.2 Å². The minimum absolute atomic E-state index is 0.0233. The summed E-state index contributed by atoms with van der Waals surface area (Å²) in [6.45, 7) is 1.68. The molecule has 28 heavy (non-hydrogen) atoms. The molecule has 1 saturated heterocycles. The largest absolute Gasteiger partial charge is 0.388 e. The quantitative estimate of drug-likeness (QED) is 0.755. The van der Waals surface area contributed by atoms with Crippen molar-refractivity contribution >= 4 is 44.8 Å². The number of benzene rings is 1. The number of thiophene rings is 1. The Morgan fingerprint density at radius 1 is 1.21 bits per heavy atom. The molecule has 0 bridgehead atoms. The van der Waals surface area contributed by atoms with Crippen molar-refractivity contribution in [1.82, 2.24) is 10.2 Å². The van der Waals surface area contributed by atoms with Crippen LogP contribution in [0.5, 0.6) is 0 Å². The van der Waals surface area contributed by atoms with E-state index in [-0.39, 0.29) is 11.8 Å². The number of piperidine rings is 1. The number of oxime groups is 1. The summed E-state index contributed by atoms with van der Waals surface area (Å²) in [5.41, 5.74) is 0.646. The molecule has 2 aromatic rings. The molecule has 1 aromatic carbocycles. The molecule has 2 aliphatic heterocycles. The van der Waals surface area contributed by atoms with Gasteiger partial charge in [-0.15, -0.1) is 11.3 Å². The maximum Gasteiger partial charge on any atom is 0.269 e. The van der Waals surface area contributed by atoms with Crippen LogP contribution in [0, 0.1) is 0 Å². The maximum atomic E-state index is 12.7. The van der Waals surface area contributed by atoms with Crippen molar-refractivity contribution in [3.05, 3.63) is 56.7 Å². The molecule has 1 aromatic heterocycles. The van der Waals surface area contributed by atoms with Crippen LogP contribution in [0.25, 0.3) is 0 Å². The van der Waals surface area contributed by atoms with E-state index in [1.54, 1.807) is 11.3 Å². The molecule has 146 valence electrons. The topological polar surface area (TPSA) is 71.0 Å². The van der Waals surface area contributed by atoms with Gasteiger partial charge in [0.1, 0.15) is 11.3 Å². The van der Waals surface area contributed by atoms with Gasteiger partial charge in [0.15, 0.2) is 0 Å². The Balaban J connectivity index is 1.29. The predicted octanol–water partition coefficient (Wildman–Crippen LogP) is 3.58. The van der Waals surface area contributed by atoms with Crippen molar-refractivity contribution in [2.24, 2.45) is 5.16 Å². The first-order chi connectivity index (χ1) is 13.5. The second-order valence-electron chi connectivity index (χ2n) is 7.05. The highest BCUT2D eigenvalue weighted by Gasteiger charge is 2.44. The van der Waals surface area contributed by atoms with E-state index >= 15 is 0 Å². The number of hydrogen-bond donors (Lipinski definition) is 1. The lowest BCUT2D eigenvalue weighted by Crippen LogP contribution is -2.47. The second kappa shape index (κ2) is 8.05. The van der Waals surface area contributed by atoms with Gasteiger partial charge in [-0.05, 0) is 35.7 Å². The Morgan fingerprint density at radius 3 is 2.64 bits per heavy atom. The Labute approximate surface area is 175 Å².